The van der Waals surface area contributed by atoms with Crippen molar-refractivity contribution >= 4 is 5.69 Å². The maximum Gasteiger partial charge on any atom is 0.146 e. The average Bonchev–Trinajstić information content (AvgIpc) is 2.42. The number of nitrogens with one attached hydrogen (secondary N) is 1. The number of anilines is 1. The highest BCUT2D eigenvalue weighted by atomic mass is 19.1. The Morgan fingerprint density at radius 1 is 1.11 bits per heavy atom. The zero-order chi connectivity index (χ0) is 13.8. The van der Waals surface area contributed by atoms with E-state index >= 15 is 0 Å². The number of rotatable bonds is 4. The summed E-state index contributed by atoms with van der Waals surface area (Å²) in [6, 6.07) is 12.9. The van der Waals surface area contributed by atoms with Gasteiger partial charge >= 0.3 is 0 Å². The first-order valence-electron chi connectivity index (χ1n) is 6.27. The van der Waals surface area contributed by atoms with Gasteiger partial charge in [0.2, 0.25) is 0 Å². The van der Waals surface area contributed by atoms with Gasteiger partial charge in [-0.2, -0.15) is 0 Å². The van der Waals surface area contributed by atoms with E-state index in [9.17, 15) is 4.39 Å². The molecule has 0 aliphatic carbocycles. The Labute approximate surface area is 113 Å². The molecule has 0 heterocycles. The Hall–Kier alpha value is -2.03. The van der Waals surface area contributed by atoms with Crippen LogP contribution in [0.1, 0.15) is 24.1 Å². The lowest BCUT2D eigenvalue weighted by Crippen LogP contribution is -2.08. The van der Waals surface area contributed by atoms with Gasteiger partial charge in [-0.25, -0.2) is 4.39 Å². The lowest BCUT2D eigenvalue weighted by Gasteiger charge is -2.17. The lowest BCUT2D eigenvalue weighted by atomic mass is 10.1. The molecule has 2 nitrogen and oxygen atoms in total. The minimum Gasteiger partial charge on any atom is -0.497 e. The molecule has 2 aromatic rings. The van der Waals surface area contributed by atoms with Crippen LogP contribution in [0.15, 0.2) is 42.5 Å². The minimum atomic E-state index is -0.278. The summed E-state index contributed by atoms with van der Waals surface area (Å²) in [7, 11) is 1.57. The topological polar surface area (TPSA) is 21.3 Å². The van der Waals surface area contributed by atoms with Crippen LogP contribution in [0.4, 0.5) is 10.1 Å². The normalized spacial score (nSPS) is 12.0. The fraction of sp³-hybridized carbons (Fsp3) is 0.250. The number of ether oxygens (including phenoxy) is 1. The molecule has 1 N–H and O–H groups in total. The van der Waals surface area contributed by atoms with Gasteiger partial charge in [0.05, 0.1) is 12.8 Å². The van der Waals surface area contributed by atoms with E-state index in [1.54, 1.807) is 19.2 Å². The van der Waals surface area contributed by atoms with Crippen molar-refractivity contribution < 1.29 is 9.13 Å². The second-order valence-electron chi connectivity index (χ2n) is 4.62. The van der Waals surface area contributed by atoms with Crippen molar-refractivity contribution in [3.63, 3.8) is 0 Å². The number of methoxy groups -OCH3 is 1. The molecule has 0 spiro atoms. The third-order valence-electron chi connectivity index (χ3n) is 3.12. The Morgan fingerprint density at radius 2 is 1.79 bits per heavy atom. The first-order valence-corrected chi connectivity index (χ1v) is 6.27. The highest BCUT2D eigenvalue weighted by Crippen LogP contribution is 2.25. The number of hydrogen-bond donors (Lipinski definition) is 1. The summed E-state index contributed by atoms with van der Waals surface area (Å²) >= 11 is 0. The number of benzene rings is 2. The summed E-state index contributed by atoms with van der Waals surface area (Å²) in [5, 5.41) is 3.17. The van der Waals surface area contributed by atoms with Crippen LogP contribution in [0.3, 0.4) is 0 Å². The summed E-state index contributed by atoms with van der Waals surface area (Å²) < 4.78 is 18.8. The van der Waals surface area contributed by atoms with Crippen LogP contribution in [-0.2, 0) is 0 Å². The second kappa shape index (κ2) is 5.74. The molecular formula is C16H18FNO. The fourth-order valence-corrected chi connectivity index (χ4v) is 1.91. The first-order chi connectivity index (χ1) is 9.10. The molecule has 0 aliphatic rings. The third-order valence-corrected chi connectivity index (χ3v) is 3.12. The number of hydrogen-bond acceptors (Lipinski definition) is 2. The minimum absolute atomic E-state index is 0.0298. The molecule has 1 atom stereocenters. The largest absolute Gasteiger partial charge is 0.497 e. The van der Waals surface area contributed by atoms with Gasteiger partial charge in [-0.15, -0.1) is 0 Å². The molecule has 19 heavy (non-hydrogen) atoms. The van der Waals surface area contributed by atoms with Crippen LogP contribution >= 0.6 is 0 Å². The van der Waals surface area contributed by atoms with Crippen molar-refractivity contribution in [1.29, 1.82) is 0 Å². The third kappa shape index (κ3) is 3.25. The van der Waals surface area contributed by atoms with Gasteiger partial charge in [-0.1, -0.05) is 29.8 Å². The van der Waals surface area contributed by atoms with E-state index in [0.717, 1.165) is 5.56 Å². The van der Waals surface area contributed by atoms with E-state index in [1.807, 2.05) is 26.0 Å². The molecule has 0 saturated carbocycles. The van der Waals surface area contributed by atoms with Gasteiger partial charge in [-0.05, 0) is 31.5 Å². The second-order valence-corrected chi connectivity index (χ2v) is 4.62. The molecule has 0 radical (unpaired) electrons. The molecular weight excluding hydrogens is 241 g/mol. The Balaban J connectivity index is 2.18. The van der Waals surface area contributed by atoms with E-state index < -0.39 is 0 Å². The Morgan fingerprint density at radius 3 is 2.42 bits per heavy atom. The molecule has 1 unspecified atom stereocenters. The number of aryl methyl sites for hydroxylation is 1. The molecule has 2 aromatic carbocycles. The van der Waals surface area contributed by atoms with Crippen molar-refractivity contribution in [1.82, 2.24) is 0 Å². The van der Waals surface area contributed by atoms with E-state index in [1.165, 1.54) is 11.6 Å². The SMILES string of the molecule is COc1ccc(F)c(NC(C)c2ccc(C)cc2)c1. The molecule has 0 amide bonds. The molecule has 3 heteroatoms. The Kier molecular flexibility index (Phi) is 4.05. The average molecular weight is 259 g/mol. The van der Waals surface area contributed by atoms with Crippen LogP contribution in [0.5, 0.6) is 5.75 Å². The van der Waals surface area contributed by atoms with E-state index in [0.29, 0.717) is 11.4 Å². The maximum atomic E-state index is 13.7. The quantitative estimate of drug-likeness (QED) is 0.883. The lowest BCUT2D eigenvalue weighted by molar-refractivity contribution is 0.414. The van der Waals surface area contributed by atoms with Crippen LogP contribution in [0, 0.1) is 12.7 Å². The fourth-order valence-electron chi connectivity index (χ4n) is 1.91. The van der Waals surface area contributed by atoms with Crippen LogP contribution in [0.2, 0.25) is 0 Å². The summed E-state index contributed by atoms with van der Waals surface area (Å²) in [5.41, 5.74) is 2.78. The summed E-state index contributed by atoms with van der Waals surface area (Å²) in [5.74, 6) is 0.361. The molecule has 0 fully saturated rings. The summed E-state index contributed by atoms with van der Waals surface area (Å²) in [6.45, 7) is 4.05. The molecule has 2 rings (SSSR count). The Bertz CT molecular complexity index is 551. The van der Waals surface area contributed by atoms with Gasteiger partial charge in [-0.3, -0.25) is 0 Å². The number of halogens is 1. The molecule has 0 bridgehead atoms. The maximum absolute atomic E-state index is 13.7. The highest BCUT2D eigenvalue weighted by molar-refractivity contribution is 5.51. The monoisotopic (exact) mass is 259 g/mol. The van der Waals surface area contributed by atoms with Gasteiger partial charge < -0.3 is 10.1 Å². The predicted octanol–water partition coefficient (Wildman–Crippen LogP) is 4.32. The zero-order valence-electron chi connectivity index (χ0n) is 11.4. The van der Waals surface area contributed by atoms with Gasteiger partial charge in [0, 0.05) is 12.1 Å². The van der Waals surface area contributed by atoms with E-state index in [-0.39, 0.29) is 11.9 Å². The van der Waals surface area contributed by atoms with Crippen molar-refractivity contribution in [3.05, 3.63) is 59.4 Å². The van der Waals surface area contributed by atoms with Crippen LogP contribution in [-0.4, -0.2) is 7.11 Å². The van der Waals surface area contributed by atoms with Crippen molar-refractivity contribution in [2.75, 3.05) is 12.4 Å². The summed E-state index contributed by atoms with van der Waals surface area (Å²) in [6.07, 6.45) is 0. The van der Waals surface area contributed by atoms with Crippen LogP contribution in [0.25, 0.3) is 0 Å². The standard InChI is InChI=1S/C16H18FNO/c1-11-4-6-13(7-5-11)12(2)18-16-10-14(19-3)8-9-15(16)17/h4-10,12,18H,1-3H3. The van der Waals surface area contributed by atoms with E-state index in [4.69, 9.17) is 4.74 Å². The predicted molar refractivity (Wildman–Crippen MR) is 76.2 cm³/mol. The highest BCUT2D eigenvalue weighted by Gasteiger charge is 2.09. The molecule has 0 saturated heterocycles. The van der Waals surface area contributed by atoms with Gasteiger partial charge in [0.25, 0.3) is 0 Å². The molecule has 100 valence electrons. The van der Waals surface area contributed by atoms with Crippen molar-refractivity contribution in [2.45, 2.75) is 19.9 Å². The molecule has 0 aliphatic heterocycles. The van der Waals surface area contributed by atoms with E-state index in [2.05, 4.69) is 17.4 Å². The zero-order valence-corrected chi connectivity index (χ0v) is 11.4. The van der Waals surface area contributed by atoms with Gasteiger partial charge in [0.15, 0.2) is 0 Å². The van der Waals surface area contributed by atoms with Crippen molar-refractivity contribution in [3.8, 4) is 5.75 Å². The summed E-state index contributed by atoms with van der Waals surface area (Å²) in [4.78, 5) is 0. The van der Waals surface area contributed by atoms with Crippen LogP contribution < -0.4 is 10.1 Å². The van der Waals surface area contributed by atoms with Gasteiger partial charge in [0.1, 0.15) is 11.6 Å². The van der Waals surface area contributed by atoms with Crippen molar-refractivity contribution in [2.24, 2.45) is 0 Å². The smallest absolute Gasteiger partial charge is 0.146 e. The first kappa shape index (κ1) is 13.4. The molecule has 0 aromatic heterocycles.